The number of carbonyl (C=O) groups excluding carboxylic acids is 6. The van der Waals surface area contributed by atoms with E-state index in [2.05, 4.69) is 57.4 Å². The van der Waals surface area contributed by atoms with Crippen molar-refractivity contribution < 1.29 is 47.3 Å². The summed E-state index contributed by atoms with van der Waals surface area (Å²) in [5.41, 5.74) is 2.20. The number of amides is 6. The van der Waals surface area contributed by atoms with Gasteiger partial charge in [-0.15, -0.1) is 0 Å². The van der Waals surface area contributed by atoms with E-state index in [1.54, 1.807) is 0 Å². The van der Waals surface area contributed by atoms with Gasteiger partial charge in [-0.3, -0.25) is 0 Å². The second-order valence-electron chi connectivity index (χ2n) is 13.7. The van der Waals surface area contributed by atoms with Crippen molar-refractivity contribution in [2.24, 2.45) is 11.8 Å². The van der Waals surface area contributed by atoms with Crippen molar-refractivity contribution in [3.8, 4) is 0 Å². The number of hydrogen-bond acceptors (Lipinski definition) is 6. The first kappa shape index (κ1) is 36.7. The average Bonchev–Trinajstić information content (AvgIpc) is 3.56. The Hall–Kier alpha value is -3.10. The van der Waals surface area contributed by atoms with Crippen LogP contribution in [0.2, 0.25) is 26.2 Å². The molecule has 256 valence electrons. The van der Waals surface area contributed by atoms with E-state index >= 15 is 0 Å². The summed E-state index contributed by atoms with van der Waals surface area (Å²) in [4.78, 5) is 81.0. The van der Waals surface area contributed by atoms with Gasteiger partial charge in [-0.25, -0.2) is 0 Å². The van der Waals surface area contributed by atoms with Crippen molar-refractivity contribution in [3.05, 3.63) is 41.1 Å². The molecular weight excluding hydrogens is 716 g/mol. The Morgan fingerprint density at radius 2 is 0.915 bits per heavy atom. The Labute approximate surface area is 287 Å². The van der Waals surface area contributed by atoms with E-state index in [9.17, 15) is 28.8 Å². The zero-order valence-corrected chi connectivity index (χ0v) is 31.8. The molecule has 4 aliphatic carbocycles. The van der Waals surface area contributed by atoms with E-state index in [4.69, 9.17) is 0 Å². The number of nitrogens with one attached hydrogen (secondary N) is 6. The molecule has 12 nitrogen and oxygen atoms in total. The predicted molar refractivity (Wildman–Crippen MR) is 179 cm³/mol. The first-order valence-electron chi connectivity index (χ1n) is 16.5. The summed E-state index contributed by atoms with van der Waals surface area (Å²) < 4.78 is 2.11. The van der Waals surface area contributed by atoms with Crippen LogP contribution in [0.25, 0.3) is 0 Å². The van der Waals surface area contributed by atoms with Crippen molar-refractivity contribution in [2.75, 3.05) is 0 Å². The van der Waals surface area contributed by atoms with Gasteiger partial charge >= 0.3 is 289 Å². The van der Waals surface area contributed by atoms with Crippen LogP contribution in [-0.4, -0.2) is 53.9 Å². The van der Waals surface area contributed by atoms with Crippen molar-refractivity contribution in [3.63, 3.8) is 0 Å². The Kier molecular flexibility index (Phi) is 12.8. The van der Waals surface area contributed by atoms with Gasteiger partial charge < -0.3 is 0 Å². The van der Waals surface area contributed by atoms with Crippen molar-refractivity contribution >= 4 is 53.9 Å². The third kappa shape index (κ3) is 8.69. The van der Waals surface area contributed by atoms with Gasteiger partial charge in [0.05, 0.1) is 0 Å². The van der Waals surface area contributed by atoms with E-state index in [1.165, 1.54) is 0 Å². The van der Waals surface area contributed by atoms with E-state index in [0.29, 0.717) is 61.3 Å². The monoisotopic (exact) mass is 766 g/mol. The summed E-state index contributed by atoms with van der Waals surface area (Å²) in [6, 6.07) is 0. The van der Waals surface area contributed by atoms with E-state index in [0.717, 1.165) is 82.5 Å². The minimum atomic E-state index is -2.77. The molecule has 0 aliphatic heterocycles. The predicted octanol–water partition coefficient (Wildman–Crippen LogP) is 2.67. The quantitative estimate of drug-likeness (QED) is 0.104. The molecule has 0 aromatic carbocycles. The second-order valence-corrected chi connectivity index (χ2v) is 24.6. The summed E-state index contributed by atoms with van der Waals surface area (Å²) in [5, 5.41) is 13.0. The molecule has 4 rings (SSSR count). The molecule has 2 fully saturated rings. The molecule has 0 aromatic rings. The SMILES string of the molecule is C[Si](C)(NC(=O)C1CCCCC1)C1=[C]([Mo][C]2=C([Si](C)(C)NC(=O)C3CCCCC3)C(NC=O)=C(NC=O)C2)CC(NC=O)=C1NC=O. The molecule has 6 amide bonds. The van der Waals surface area contributed by atoms with Crippen LogP contribution < -0.4 is 31.2 Å². The third-order valence-corrected chi connectivity index (χ3v) is 18.8. The fraction of sp³-hybridized carbons (Fsp3) is 0.562. The molecule has 4 aliphatic rings. The normalized spacial score (nSPS) is 19.8. The van der Waals surface area contributed by atoms with Crippen LogP contribution in [0.5, 0.6) is 0 Å². The fourth-order valence-electron chi connectivity index (χ4n) is 7.40. The van der Waals surface area contributed by atoms with Gasteiger partial charge in [0.2, 0.25) is 0 Å². The molecule has 15 heteroatoms. The Morgan fingerprint density at radius 3 is 1.23 bits per heavy atom. The third-order valence-electron chi connectivity index (χ3n) is 9.53. The van der Waals surface area contributed by atoms with Crippen LogP contribution in [0, 0.1) is 11.8 Å². The van der Waals surface area contributed by atoms with Gasteiger partial charge in [0, 0.05) is 0 Å². The Balaban J connectivity index is 1.78. The van der Waals surface area contributed by atoms with Crippen molar-refractivity contribution in [1.29, 1.82) is 0 Å². The summed E-state index contributed by atoms with van der Waals surface area (Å²) in [6.45, 7) is 8.21. The standard InChI is InChI=1S/2C16H24N3O3Si.Mo/c2*1-23(2,19-16(22)12-6-4-3-5-7-12)14-9-8-13(17-10-20)15(14)18-11-21;/h2*10-12H,3-8H2,1-2H3,(H,17,20)(H,18,21)(H,19,22);. The van der Waals surface area contributed by atoms with Crippen molar-refractivity contribution in [2.45, 2.75) is 103 Å². The first-order chi connectivity index (χ1) is 22.5. The van der Waals surface area contributed by atoms with Crippen LogP contribution >= 0.6 is 0 Å². The number of allylic oxidation sites excluding steroid dienone is 4. The Bertz CT molecular complexity index is 1310. The van der Waals surface area contributed by atoms with Gasteiger partial charge in [-0.05, 0) is 0 Å². The average molecular weight is 765 g/mol. The molecule has 0 aromatic heterocycles. The van der Waals surface area contributed by atoms with Crippen LogP contribution in [0.4, 0.5) is 0 Å². The second kappa shape index (κ2) is 16.3. The van der Waals surface area contributed by atoms with Gasteiger partial charge in [0.15, 0.2) is 0 Å². The maximum absolute atomic E-state index is 13.5. The molecule has 0 saturated heterocycles. The maximum atomic E-state index is 13.5. The van der Waals surface area contributed by atoms with Gasteiger partial charge in [0.25, 0.3) is 0 Å². The van der Waals surface area contributed by atoms with E-state index < -0.39 is 35.0 Å². The van der Waals surface area contributed by atoms with Crippen LogP contribution in [0.1, 0.15) is 77.0 Å². The molecule has 0 unspecified atom stereocenters. The van der Waals surface area contributed by atoms with Gasteiger partial charge in [-0.2, -0.15) is 0 Å². The van der Waals surface area contributed by atoms with Gasteiger partial charge in [0.1, 0.15) is 0 Å². The molecule has 47 heavy (non-hydrogen) atoms. The molecular formula is C32H48MoN6O6Si2. The molecule has 6 N–H and O–H groups in total. The summed E-state index contributed by atoms with van der Waals surface area (Å²) in [5.74, 6) is -0.0171. The van der Waals surface area contributed by atoms with Crippen molar-refractivity contribution in [1.82, 2.24) is 31.2 Å². The Morgan fingerprint density at radius 1 is 0.574 bits per heavy atom. The molecule has 0 atom stereocenters. The number of rotatable bonds is 16. The number of hydrogen-bond donors (Lipinski definition) is 6. The molecule has 2 saturated carbocycles. The molecule has 0 bridgehead atoms. The molecule has 0 radical (unpaired) electrons. The van der Waals surface area contributed by atoms with E-state index in [-0.39, 0.29) is 23.7 Å². The molecule has 0 heterocycles. The van der Waals surface area contributed by atoms with Crippen LogP contribution in [-0.2, 0) is 47.3 Å². The fourth-order valence-corrected chi connectivity index (χ4v) is 19.7. The summed E-state index contributed by atoms with van der Waals surface area (Å²) in [6.07, 6.45) is 13.0. The zero-order valence-electron chi connectivity index (χ0n) is 27.8. The zero-order chi connectivity index (χ0) is 34.2. The molecule has 0 spiro atoms. The van der Waals surface area contributed by atoms with Crippen LogP contribution in [0.15, 0.2) is 41.1 Å². The van der Waals surface area contributed by atoms with Crippen LogP contribution in [0.3, 0.4) is 0 Å². The topological polar surface area (TPSA) is 175 Å². The summed E-state index contributed by atoms with van der Waals surface area (Å²) >= 11 is -1.27. The van der Waals surface area contributed by atoms with Gasteiger partial charge in [-0.1, -0.05) is 0 Å². The minimum absolute atomic E-state index is 0.0346. The first-order valence-corrected chi connectivity index (χ1v) is 24.5. The summed E-state index contributed by atoms with van der Waals surface area (Å²) in [7, 11) is -5.53. The van der Waals surface area contributed by atoms with E-state index in [1.807, 2.05) is 0 Å². The number of carbonyl (C=O) groups is 6.